The van der Waals surface area contributed by atoms with E-state index in [-0.39, 0.29) is 0 Å². The fraction of sp³-hybridized carbons (Fsp3) is 0. The highest BCUT2D eigenvalue weighted by Crippen LogP contribution is 2.21. The van der Waals surface area contributed by atoms with Gasteiger partial charge in [-0.3, -0.25) is 20.4 Å². The second-order valence-electron chi connectivity index (χ2n) is 3.49. The van der Waals surface area contributed by atoms with E-state index in [1.54, 1.807) is 36.4 Å². The lowest BCUT2D eigenvalue weighted by molar-refractivity contribution is 0.0848. The Morgan fingerprint density at radius 1 is 1.05 bits per heavy atom. The first-order chi connectivity index (χ1) is 9.08. The molecular formula is C12H8BrClN2O2S. The molecule has 0 atom stereocenters. The fourth-order valence-electron chi connectivity index (χ4n) is 1.32. The number of carbonyl (C=O) groups is 2. The predicted octanol–water partition coefficient (Wildman–Crippen LogP) is 3.24. The first kappa shape index (κ1) is 14.0. The number of hydrogen-bond acceptors (Lipinski definition) is 3. The van der Waals surface area contributed by atoms with E-state index < -0.39 is 11.8 Å². The summed E-state index contributed by atoms with van der Waals surface area (Å²) in [5, 5.41) is 0. The van der Waals surface area contributed by atoms with Crippen LogP contribution in [0.15, 0.2) is 40.9 Å². The number of rotatable bonds is 2. The molecule has 19 heavy (non-hydrogen) atoms. The number of hydrogen-bond donors (Lipinski definition) is 2. The van der Waals surface area contributed by atoms with E-state index in [1.165, 1.54) is 0 Å². The van der Waals surface area contributed by atoms with Crippen LogP contribution < -0.4 is 10.9 Å². The molecule has 98 valence electrons. The third-order valence-electron chi connectivity index (χ3n) is 2.21. The van der Waals surface area contributed by atoms with Crippen LogP contribution in [0.1, 0.15) is 20.0 Å². The van der Waals surface area contributed by atoms with Crippen molar-refractivity contribution in [2.45, 2.75) is 0 Å². The van der Waals surface area contributed by atoms with Crippen LogP contribution in [-0.2, 0) is 0 Å². The van der Waals surface area contributed by atoms with Crippen LogP contribution in [0.4, 0.5) is 0 Å². The van der Waals surface area contributed by atoms with Crippen LogP contribution >= 0.6 is 38.9 Å². The van der Waals surface area contributed by atoms with Crippen molar-refractivity contribution in [1.82, 2.24) is 10.9 Å². The number of nitrogens with one attached hydrogen (secondary N) is 2. The number of hydrazine groups is 1. The van der Waals surface area contributed by atoms with Crippen LogP contribution in [0.2, 0.25) is 4.34 Å². The molecule has 2 amide bonds. The highest BCUT2D eigenvalue weighted by Gasteiger charge is 2.12. The van der Waals surface area contributed by atoms with Gasteiger partial charge in [-0.2, -0.15) is 0 Å². The SMILES string of the molecule is O=C(NNC(=O)c1ccccc1Br)c1ccc(Cl)s1. The zero-order valence-electron chi connectivity index (χ0n) is 9.44. The number of halogens is 2. The van der Waals surface area contributed by atoms with Crippen molar-refractivity contribution in [1.29, 1.82) is 0 Å². The van der Waals surface area contributed by atoms with Gasteiger partial charge in [0, 0.05) is 4.47 Å². The Labute approximate surface area is 126 Å². The Morgan fingerprint density at radius 2 is 1.74 bits per heavy atom. The summed E-state index contributed by atoms with van der Waals surface area (Å²) >= 11 is 10.1. The molecule has 0 aliphatic carbocycles. The van der Waals surface area contributed by atoms with Crippen LogP contribution in [0.5, 0.6) is 0 Å². The van der Waals surface area contributed by atoms with Gasteiger partial charge >= 0.3 is 0 Å². The van der Waals surface area contributed by atoms with Crippen molar-refractivity contribution >= 4 is 50.7 Å². The normalized spacial score (nSPS) is 10.0. The molecule has 0 spiro atoms. The van der Waals surface area contributed by atoms with Gasteiger partial charge in [-0.15, -0.1) is 11.3 Å². The maximum atomic E-state index is 11.8. The van der Waals surface area contributed by atoms with Gasteiger partial charge in [-0.05, 0) is 40.2 Å². The summed E-state index contributed by atoms with van der Waals surface area (Å²) < 4.78 is 1.17. The second kappa shape index (κ2) is 6.18. The third kappa shape index (κ3) is 3.56. The van der Waals surface area contributed by atoms with Gasteiger partial charge in [-0.1, -0.05) is 23.7 Å². The molecular weight excluding hydrogens is 352 g/mol. The van der Waals surface area contributed by atoms with E-state index in [0.717, 1.165) is 11.3 Å². The number of amides is 2. The highest BCUT2D eigenvalue weighted by molar-refractivity contribution is 9.10. The lowest BCUT2D eigenvalue weighted by atomic mass is 10.2. The summed E-state index contributed by atoms with van der Waals surface area (Å²) in [6.07, 6.45) is 0. The lowest BCUT2D eigenvalue weighted by Crippen LogP contribution is -2.41. The van der Waals surface area contributed by atoms with Gasteiger partial charge < -0.3 is 0 Å². The number of carbonyl (C=O) groups excluding carboxylic acids is 2. The van der Waals surface area contributed by atoms with Gasteiger partial charge in [0.15, 0.2) is 0 Å². The van der Waals surface area contributed by atoms with Crippen molar-refractivity contribution in [2.24, 2.45) is 0 Å². The summed E-state index contributed by atoms with van der Waals surface area (Å²) in [5.41, 5.74) is 5.11. The Bertz CT molecular complexity index is 630. The van der Waals surface area contributed by atoms with Gasteiger partial charge in [-0.25, -0.2) is 0 Å². The van der Waals surface area contributed by atoms with Gasteiger partial charge in [0.1, 0.15) is 0 Å². The molecule has 2 N–H and O–H groups in total. The predicted molar refractivity (Wildman–Crippen MR) is 78.4 cm³/mol. The van der Waals surface area contributed by atoms with E-state index in [1.807, 2.05) is 0 Å². The fourth-order valence-corrected chi connectivity index (χ4v) is 2.73. The van der Waals surface area contributed by atoms with Crippen molar-refractivity contribution < 1.29 is 9.59 Å². The molecule has 2 rings (SSSR count). The number of benzene rings is 1. The molecule has 0 saturated heterocycles. The minimum Gasteiger partial charge on any atom is -0.267 e. The van der Waals surface area contributed by atoms with E-state index in [4.69, 9.17) is 11.6 Å². The van der Waals surface area contributed by atoms with Crippen LogP contribution in [0.25, 0.3) is 0 Å². The standard InChI is InChI=1S/C12H8BrClN2O2S/c13-8-4-2-1-3-7(8)11(17)15-16-12(18)9-5-6-10(14)19-9/h1-6H,(H,15,17)(H,16,18). The molecule has 0 fully saturated rings. The zero-order valence-corrected chi connectivity index (χ0v) is 12.6. The average Bonchev–Trinajstić information content (AvgIpc) is 2.83. The van der Waals surface area contributed by atoms with E-state index in [0.29, 0.717) is 19.2 Å². The van der Waals surface area contributed by atoms with E-state index in [9.17, 15) is 9.59 Å². The molecule has 1 aromatic carbocycles. The highest BCUT2D eigenvalue weighted by atomic mass is 79.9. The largest absolute Gasteiger partial charge is 0.279 e. The molecule has 1 heterocycles. The van der Waals surface area contributed by atoms with Gasteiger partial charge in [0.2, 0.25) is 0 Å². The topological polar surface area (TPSA) is 58.2 Å². The minimum atomic E-state index is -0.405. The van der Waals surface area contributed by atoms with Crippen LogP contribution in [0, 0.1) is 0 Å². The summed E-state index contributed by atoms with van der Waals surface area (Å²) in [6, 6.07) is 10.1. The summed E-state index contributed by atoms with van der Waals surface area (Å²) in [7, 11) is 0. The van der Waals surface area contributed by atoms with E-state index in [2.05, 4.69) is 26.8 Å². The molecule has 7 heteroatoms. The van der Waals surface area contributed by atoms with Crippen LogP contribution in [-0.4, -0.2) is 11.8 Å². The molecule has 2 aromatic rings. The molecule has 0 aliphatic rings. The zero-order chi connectivity index (χ0) is 13.8. The Kier molecular flexibility index (Phi) is 4.57. The molecule has 0 aliphatic heterocycles. The van der Waals surface area contributed by atoms with Gasteiger partial charge in [0.25, 0.3) is 11.8 Å². The van der Waals surface area contributed by atoms with Crippen molar-refractivity contribution in [3.8, 4) is 0 Å². The Morgan fingerprint density at radius 3 is 2.37 bits per heavy atom. The Hall–Kier alpha value is -1.37. The average molecular weight is 360 g/mol. The maximum absolute atomic E-state index is 11.8. The first-order valence-corrected chi connectivity index (χ1v) is 7.17. The second-order valence-corrected chi connectivity index (χ2v) is 6.06. The molecule has 0 radical (unpaired) electrons. The van der Waals surface area contributed by atoms with Crippen molar-refractivity contribution in [3.05, 3.63) is 55.6 Å². The van der Waals surface area contributed by atoms with E-state index >= 15 is 0 Å². The maximum Gasteiger partial charge on any atom is 0.279 e. The molecule has 0 bridgehead atoms. The molecule has 4 nitrogen and oxygen atoms in total. The van der Waals surface area contributed by atoms with Gasteiger partial charge in [0.05, 0.1) is 14.8 Å². The first-order valence-electron chi connectivity index (χ1n) is 5.18. The third-order valence-corrected chi connectivity index (χ3v) is 4.13. The molecule has 1 aromatic heterocycles. The summed E-state index contributed by atoms with van der Waals surface area (Å²) in [5.74, 6) is -0.805. The molecule has 0 unspecified atom stereocenters. The van der Waals surface area contributed by atoms with Crippen molar-refractivity contribution in [2.75, 3.05) is 0 Å². The summed E-state index contributed by atoms with van der Waals surface area (Å²) in [6.45, 7) is 0. The van der Waals surface area contributed by atoms with Crippen molar-refractivity contribution in [3.63, 3.8) is 0 Å². The monoisotopic (exact) mass is 358 g/mol. The minimum absolute atomic E-state index is 0.400. The smallest absolute Gasteiger partial charge is 0.267 e. The number of thiophene rings is 1. The summed E-state index contributed by atoms with van der Waals surface area (Å²) in [4.78, 5) is 23.9. The van der Waals surface area contributed by atoms with Crippen LogP contribution in [0.3, 0.4) is 0 Å². The molecule has 0 saturated carbocycles. The lowest BCUT2D eigenvalue weighted by Gasteiger charge is -2.07. The quantitative estimate of drug-likeness (QED) is 0.809. The Balaban J connectivity index is 1.98.